The fourth-order valence-electron chi connectivity index (χ4n) is 2.56. The quantitative estimate of drug-likeness (QED) is 0.749. The molecule has 0 spiro atoms. The van der Waals surface area contributed by atoms with Crippen molar-refractivity contribution in [2.45, 2.75) is 58.9 Å². The van der Waals surface area contributed by atoms with E-state index in [0.717, 1.165) is 25.7 Å². The maximum atomic E-state index is 12.2. The molecule has 1 saturated carbocycles. The first kappa shape index (κ1) is 14.0. The van der Waals surface area contributed by atoms with Crippen molar-refractivity contribution in [3.8, 4) is 0 Å². The van der Waals surface area contributed by atoms with Gasteiger partial charge in [0.2, 0.25) is 5.91 Å². The molecule has 1 atom stereocenters. The van der Waals surface area contributed by atoms with Gasteiger partial charge in [-0.15, -0.1) is 0 Å². The van der Waals surface area contributed by atoms with Gasteiger partial charge in [0, 0.05) is 5.41 Å². The molecule has 17 heavy (non-hydrogen) atoms. The van der Waals surface area contributed by atoms with E-state index in [1.165, 1.54) is 0 Å². The molecule has 0 aromatic heterocycles. The van der Waals surface area contributed by atoms with Crippen molar-refractivity contribution in [3.05, 3.63) is 0 Å². The second-order valence-electron chi connectivity index (χ2n) is 5.50. The Morgan fingerprint density at radius 1 is 1.35 bits per heavy atom. The largest absolute Gasteiger partial charge is 0.480 e. The van der Waals surface area contributed by atoms with Gasteiger partial charge in [-0.25, -0.2) is 4.79 Å². The summed E-state index contributed by atoms with van der Waals surface area (Å²) >= 11 is 0. The Bertz CT molecular complexity index is 295. The molecule has 98 valence electrons. The van der Waals surface area contributed by atoms with Gasteiger partial charge in [-0.1, -0.05) is 27.2 Å². The summed E-state index contributed by atoms with van der Waals surface area (Å²) in [6.07, 6.45) is 4.15. The van der Waals surface area contributed by atoms with E-state index in [1.807, 2.05) is 0 Å². The van der Waals surface area contributed by atoms with Gasteiger partial charge >= 0.3 is 5.97 Å². The van der Waals surface area contributed by atoms with Crippen LogP contribution < -0.4 is 5.32 Å². The van der Waals surface area contributed by atoms with Crippen molar-refractivity contribution in [3.63, 3.8) is 0 Å². The summed E-state index contributed by atoms with van der Waals surface area (Å²) in [5.41, 5.74) is -0.295. The highest BCUT2D eigenvalue weighted by Gasteiger charge is 2.45. The fraction of sp³-hybridized carbons (Fsp3) is 0.846. The minimum atomic E-state index is -0.945. The number of rotatable bonds is 6. The first-order valence-electron chi connectivity index (χ1n) is 6.45. The Hall–Kier alpha value is -1.06. The van der Waals surface area contributed by atoms with Gasteiger partial charge < -0.3 is 10.4 Å². The molecule has 4 heteroatoms. The Labute approximate surface area is 103 Å². The molecule has 1 rings (SSSR count). The van der Waals surface area contributed by atoms with Crippen molar-refractivity contribution in [1.29, 1.82) is 0 Å². The van der Waals surface area contributed by atoms with Crippen LogP contribution in [0.5, 0.6) is 0 Å². The molecule has 1 aliphatic rings. The molecule has 1 fully saturated rings. The number of carbonyl (C=O) groups is 2. The lowest BCUT2D eigenvalue weighted by Gasteiger charge is -2.42. The van der Waals surface area contributed by atoms with E-state index in [-0.39, 0.29) is 11.3 Å². The number of hydrogen-bond acceptors (Lipinski definition) is 2. The molecule has 0 bridgehead atoms. The van der Waals surface area contributed by atoms with Crippen LogP contribution in [0, 0.1) is 11.3 Å². The minimum Gasteiger partial charge on any atom is -0.480 e. The highest BCUT2D eigenvalue weighted by atomic mass is 16.4. The van der Waals surface area contributed by atoms with Crippen LogP contribution in [0.25, 0.3) is 0 Å². The molecule has 0 aliphatic heterocycles. The van der Waals surface area contributed by atoms with Crippen molar-refractivity contribution in [1.82, 2.24) is 5.32 Å². The first-order chi connectivity index (χ1) is 7.91. The number of carboxylic acids is 1. The highest BCUT2D eigenvalue weighted by Crippen LogP contribution is 2.46. The van der Waals surface area contributed by atoms with E-state index in [0.29, 0.717) is 12.3 Å². The topological polar surface area (TPSA) is 66.4 Å². The van der Waals surface area contributed by atoms with Crippen LogP contribution >= 0.6 is 0 Å². The number of hydrogen-bond donors (Lipinski definition) is 2. The monoisotopic (exact) mass is 241 g/mol. The second-order valence-corrected chi connectivity index (χ2v) is 5.50. The van der Waals surface area contributed by atoms with Crippen LogP contribution in [0.15, 0.2) is 0 Å². The maximum absolute atomic E-state index is 12.2. The summed E-state index contributed by atoms with van der Waals surface area (Å²) < 4.78 is 0. The Balaban J connectivity index is 2.63. The smallest absolute Gasteiger partial charge is 0.326 e. The van der Waals surface area contributed by atoms with Crippen molar-refractivity contribution in [2.24, 2.45) is 11.3 Å². The third kappa shape index (κ3) is 3.20. The van der Waals surface area contributed by atoms with Crippen LogP contribution in [-0.2, 0) is 9.59 Å². The number of aliphatic carboxylic acids is 1. The van der Waals surface area contributed by atoms with Crippen molar-refractivity contribution >= 4 is 11.9 Å². The van der Waals surface area contributed by atoms with Gasteiger partial charge in [0.1, 0.15) is 6.04 Å². The number of amides is 1. The van der Waals surface area contributed by atoms with Gasteiger partial charge in [-0.2, -0.15) is 0 Å². The summed E-state index contributed by atoms with van der Waals surface area (Å²) in [6.45, 7) is 5.97. The van der Waals surface area contributed by atoms with E-state index in [2.05, 4.69) is 19.2 Å². The van der Waals surface area contributed by atoms with Gasteiger partial charge in [0.05, 0.1) is 0 Å². The zero-order chi connectivity index (χ0) is 13.1. The van der Waals surface area contributed by atoms with Crippen LogP contribution in [-0.4, -0.2) is 23.0 Å². The third-order valence-electron chi connectivity index (χ3n) is 3.60. The zero-order valence-corrected chi connectivity index (χ0v) is 11.0. The maximum Gasteiger partial charge on any atom is 0.326 e. The second kappa shape index (κ2) is 5.52. The molecule has 1 unspecified atom stereocenters. The molecule has 2 N–H and O–H groups in total. The predicted octanol–water partition coefficient (Wildman–Crippen LogP) is 2.18. The van der Waals surface area contributed by atoms with Crippen molar-refractivity contribution < 1.29 is 14.7 Å². The fourth-order valence-corrected chi connectivity index (χ4v) is 2.56. The van der Waals surface area contributed by atoms with Gasteiger partial charge in [0.25, 0.3) is 0 Å². The summed E-state index contributed by atoms with van der Waals surface area (Å²) in [5.74, 6) is -0.544. The Morgan fingerprint density at radius 2 is 1.94 bits per heavy atom. The molecule has 0 aromatic carbocycles. The zero-order valence-electron chi connectivity index (χ0n) is 11.0. The number of carbonyl (C=O) groups excluding carboxylic acids is 1. The van der Waals surface area contributed by atoms with Crippen LogP contribution in [0.3, 0.4) is 0 Å². The number of carboxylic acid groups (broad SMARTS) is 1. The lowest BCUT2D eigenvalue weighted by atomic mass is 9.64. The van der Waals surface area contributed by atoms with Crippen molar-refractivity contribution in [2.75, 3.05) is 0 Å². The average molecular weight is 241 g/mol. The molecule has 4 nitrogen and oxygen atoms in total. The number of nitrogens with one attached hydrogen (secondary N) is 1. The lowest BCUT2D eigenvalue weighted by molar-refractivity contribution is -0.146. The Morgan fingerprint density at radius 3 is 2.24 bits per heavy atom. The van der Waals surface area contributed by atoms with E-state index < -0.39 is 12.0 Å². The van der Waals surface area contributed by atoms with Crippen LogP contribution in [0.1, 0.15) is 52.9 Å². The van der Waals surface area contributed by atoms with Crippen LogP contribution in [0.4, 0.5) is 0 Å². The van der Waals surface area contributed by atoms with Gasteiger partial charge in [0.15, 0.2) is 0 Å². The van der Waals surface area contributed by atoms with Crippen LogP contribution in [0.2, 0.25) is 0 Å². The van der Waals surface area contributed by atoms with E-state index in [1.54, 1.807) is 6.92 Å². The van der Waals surface area contributed by atoms with Gasteiger partial charge in [-0.3, -0.25) is 4.79 Å². The molecular formula is C13H23NO3. The predicted molar refractivity (Wildman–Crippen MR) is 65.6 cm³/mol. The summed E-state index contributed by atoms with van der Waals surface area (Å²) in [4.78, 5) is 23.1. The highest BCUT2D eigenvalue weighted by molar-refractivity contribution is 5.88. The minimum absolute atomic E-state index is 0.0632. The SMILES string of the molecule is CCC(NC(=O)C1(CC(C)C)CCC1)C(=O)O. The normalized spacial score (nSPS) is 19.5. The molecule has 0 heterocycles. The molecular weight excluding hydrogens is 218 g/mol. The first-order valence-corrected chi connectivity index (χ1v) is 6.45. The van der Waals surface area contributed by atoms with E-state index in [4.69, 9.17) is 5.11 Å². The summed E-state index contributed by atoms with van der Waals surface area (Å²) in [7, 11) is 0. The van der Waals surface area contributed by atoms with Gasteiger partial charge in [-0.05, 0) is 31.6 Å². The summed E-state index contributed by atoms with van der Waals surface area (Å²) in [5, 5.41) is 11.6. The molecule has 0 aromatic rings. The third-order valence-corrected chi connectivity index (χ3v) is 3.60. The molecule has 1 aliphatic carbocycles. The summed E-state index contributed by atoms with van der Waals surface area (Å²) in [6, 6.07) is -0.743. The lowest BCUT2D eigenvalue weighted by Crippen LogP contribution is -2.51. The molecule has 0 radical (unpaired) electrons. The average Bonchev–Trinajstić information content (AvgIpc) is 2.18. The Kier molecular flexibility index (Phi) is 4.54. The van der Waals surface area contributed by atoms with E-state index in [9.17, 15) is 9.59 Å². The molecule has 0 saturated heterocycles. The molecule has 1 amide bonds. The standard InChI is InChI=1S/C13H23NO3/c1-4-10(11(15)16)14-12(17)13(6-5-7-13)8-9(2)3/h9-10H,4-8H2,1-3H3,(H,14,17)(H,15,16). The van der Waals surface area contributed by atoms with E-state index >= 15 is 0 Å².